The summed E-state index contributed by atoms with van der Waals surface area (Å²) < 4.78 is 11.1. The summed E-state index contributed by atoms with van der Waals surface area (Å²) in [4.78, 5) is 26.6. The predicted octanol–water partition coefficient (Wildman–Crippen LogP) is 2.43. The highest BCUT2D eigenvalue weighted by atomic mass is 16.6. The third kappa shape index (κ3) is 4.11. The van der Waals surface area contributed by atoms with Crippen LogP contribution in [0.4, 0.5) is 0 Å². The number of amides is 2. The maximum Gasteiger partial charge on any atom is 0.225 e. The molecule has 0 spiro atoms. The molecule has 1 N–H and O–H groups in total. The Labute approximate surface area is 164 Å². The van der Waals surface area contributed by atoms with Crippen molar-refractivity contribution in [2.45, 2.75) is 26.4 Å². The highest BCUT2D eigenvalue weighted by Crippen LogP contribution is 2.30. The molecular weight excluding hydrogens is 356 g/mol. The molecule has 4 rings (SSSR count). The van der Waals surface area contributed by atoms with Crippen molar-refractivity contribution in [1.29, 1.82) is 0 Å². The van der Waals surface area contributed by atoms with E-state index in [9.17, 15) is 9.59 Å². The smallest absolute Gasteiger partial charge is 0.225 e. The van der Waals surface area contributed by atoms with E-state index in [1.807, 2.05) is 49.4 Å². The van der Waals surface area contributed by atoms with Crippen molar-refractivity contribution >= 4 is 11.8 Å². The van der Waals surface area contributed by atoms with Crippen molar-refractivity contribution < 1.29 is 19.1 Å². The first kappa shape index (κ1) is 18.3. The number of hydrogen-bond donors (Lipinski definition) is 1. The van der Waals surface area contributed by atoms with Gasteiger partial charge in [0.1, 0.15) is 13.2 Å². The molecule has 0 aliphatic carbocycles. The lowest BCUT2D eigenvalue weighted by molar-refractivity contribution is -0.129. The molecule has 1 fully saturated rings. The van der Waals surface area contributed by atoms with Crippen LogP contribution < -0.4 is 14.8 Å². The van der Waals surface area contributed by atoms with Crippen molar-refractivity contribution in [2.75, 3.05) is 19.8 Å². The maximum atomic E-state index is 12.5. The zero-order chi connectivity index (χ0) is 19.5. The molecule has 1 atom stereocenters. The number of likely N-dealkylation sites (tertiary alicyclic amines) is 1. The van der Waals surface area contributed by atoms with E-state index in [-0.39, 0.29) is 24.2 Å². The summed E-state index contributed by atoms with van der Waals surface area (Å²) in [7, 11) is 0. The second-order valence-electron chi connectivity index (χ2n) is 7.36. The van der Waals surface area contributed by atoms with E-state index in [0.29, 0.717) is 38.6 Å². The molecule has 2 heterocycles. The maximum absolute atomic E-state index is 12.5. The molecule has 2 amide bonds. The third-order valence-corrected chi connectivity index (χ3v) is 5.15. The third-order valence-electron chi connectivity index (χ3n) is 5.15. The average molecular weight is 380 g/mol. The molecule has 0 bridgehead atoms. The Bertz CT molecular complexity index is 879. The molecule has 0 radical (unpaired) electrons. The van der Waals surface area contributed by atoms with Gasteiger partial charge in [0.05, 0.1) is 5.92 Å². The number of benzene rings is 2. The van der Waals surface area contributed by atoms with Gasteiger partial charge in [-0.15, -0.1) is 0 Å². The largest absolute Gasteiger partial charge is 0.486 e. The van der Waals surface area contributed by atoms with Crippen LogP contribution in [-0.2, 0) is 22.7 Å². The van der Waals surface area contributed by atoms with Gasteiger partial charge in [0.25, 0.3) is 0 Å². The first-order chi connectivity index (χ1) is 13.6. The Kier molecular flexibility index (Phi) is 5.19. The Hall–Kier alpha value is -3.02. The molecule has 2 aliphatic rings. The van der Waals surface area contributed by atoms with Gasteiger partial charge < -0.3 is 19.7 Å². The van der Waals surface area contributed by atoms with Crippen LogP contribution in [0.3, 0.4) is 0 Å². The van der Waals surface area contributed by atoms with Crippen LogP contribution in [-0.4, -0.2) is 36.5 Å². The van der Waals surface area contributed by atoms with Crippen LogP contribution in [0, 0.1) is 12.8 Å². The molecule has 2 aliphatic heterocycles. The Balaban J connectivity index is 1.31. The number of hydrogen-bond acceptors (Lipinski definition) is 4. The highest BCUT2D eigenvalue weighted by molar-refractivity contribution is 5.89. The zero-order valence-electron chi connectivity index (χ0n) is 15.9. The summed E-state index contributed by atoms with van der Waals surface area (Å²) in [6.45, 7) is 4.53. The second-order valence-corrected chi connectivity index (χ2v) is 7.36. The number of rotatable bonds is 5. The van der Waals surface area contributed by atoms with Gasteiger partial charge in [-0.1, -0.05) is 35.9 Å². The molecule has 28 heavy (non-hydrogen) atoms. The SMILES string of the molecule is Cc1ccc(CN2CC(C(=O)NCc3ccc4c(c3)OCCO4)CC2=O)cc1. The fourth-order valence-corrected chi connectivity index (χ4v) is 3.55. The normalized spacial score (nSPS) is 18.2. The fourth-order valence-electron chi connectivity index (χ4n) is 3.55. The number of nitrogens with zero attached hydrogens (tertiary/aromatic N) is 1. The van der Waals surface area contributed by atoms with Gasteiger partial charge in [-0.2, -0.15) is 0 Å². The van der Waals surface area contributed by atoms with Crippen molar-refractivity contribution in [3.05, 3.63) is 59.2 Å². The monoisotopic (exact) mass is 380 g/mol. The lowest BCUT2D eigenvalue weighted by Crippen LogP contribution is -2.32. The van der Waals surface area contributed by atoms with E-state index in [1.54, 1.807) is 4.90 Å². The van der Waals surface area contributed by atoms with E-state index < -0.39 is 0 Å². The number of carbonyl (C=O) groups excluding carboxylic acids is 2. The summed E-state index contributed by atoms with van der Waals surface area (Å²) in [6, 6.07) is 13.8. The van der Waals surface area contributed by atoms with Gasteiger partial charge in [0.2, 0.25) is 11.8 Å². The van der Waals surface area contributed by atoms with Crippen LogP contribution in [0.25, 0.3) is 0 Å². The lowest BCUT2D eigenvalue weighted by atomic mass is 10.1. The van der Waals surface area contributed by atoms with E-state index >= 15 is 0 Å². The van der Waals surface area contributed by atoms with Gasteiger partial charge in [-0.05, 0) is 30.2 Å². The molecule has 6 heteroatoms. The Morgan fingerprint density at radius 1 is 1.07 bits per heavy atom. The predicted molar refractivity (Wildman–Crippen MR) is 104 cm³/mol. The summed E-state index contributed by atoms with van der Waals surface area (Å²) in [5, 5.41) is 2.95. The minimum absolute atomic E-state index is 0.0278. The molecular formula is C22H24N2O4. The van der Waals surface area contributed by atoms with Crippen LogP contribution in [0.1, 0.15) is 23.1 Å². The molecule has 0 saturated carbocycles. The number of aryl methyl sites for hydroxylation is 1. The van der Waals surface area contributed by atoms with Crippen molar-refractivity contribution in [3.8, 4) is 11.5 Å². The van der Waals surface area contributed by atoms with Gasteiger partial charge in [0.15, 0.2) is 11.5 Å². The van der Waals surface area contributed by atoms with E-state index in [4.69, 9.17) is 9.47 Å². The summed E-state index contributed by atoms with van der Waals surface area (Å²) in [6.07, 6.45) is 0.263. The molecule has 146 valence electrons. The first-order valence-electron chi connectivity index (χ1n) is 9.58. The molecule has 1 unspecified atom stereocenters. The van der Waals surface area contributed by atoms with Gasteiger partial charge in [-0.25, -0.2) is 0 Å². The summed E-state index contributed by atoms with van der Waals surface area (Å²) in [5.74, 6) is 1.07. The zero-order valence-corrected chi connectivity index (χ0v) is 15.9. The van der Waals surface area contributed by atoms with Gasteiger partial charge in [0, 0.05) is 26.1 Å². The van der Waals surface area contributed by atoms with Crippen LogP contribution >= 0.6 is 0 Å². The molecule has 2 aromatic rings. The number of ether oxygens (including phenoxy) is 2. The minimum Gasteiger partial charge on any atom is -0.486 e. The van der Waals surface area contributed by atoms with Crippen molar-refractivity contribution in [3.63, 3.8) is 0 Å². The standard InChI is InChI=1S/C22H24N2O4/c1-15-2-4-16(5-3-15)13-24-14-18(11-21(24)25)22(26)23-12-17-6-7-19-20(10-17)28-9-8-27-19/h2-7,10,18H,8-9,11-14H2,1H3,(H,23,26). The topological polar surface area (TPSA) is 67.9 Å². The average Bonchev–Trinajstić information content (AvgIpc) is 3.08. The van der Waals surface area contributed by atoms with E-state index in [1.165, 1.54) is 5.56 Å². The lowest BCUT2D eigenvalue weighted by Gasteiger charge is -2.19. The van der Waals surface area contributed by atoms with E-state index in [0.717, 1.165) is 16.9 Å². The van der Waals surface area contributed by atoms with Crippen LogP contribution in [0.2, 0.25) is 0 Å². The summed E-state index contributed by atoms with van der Waals surface area (Å²) in [5.41, 5.74) is 3.21. The number of fused-ring (bicyclic) bond motifs is 1. The molecule has 2 aromatic carbocycles. The van der Waals surface area contributed by atoms with Crippen LogP contribution in [0.5, 0.6) is 11.5 Å². The Morgan fingerprint density at radius 3 is 2.57 bits per heavy atom. The van der Waals surface area contributed by atoms with E-state index in [2.05, 4.69) is 5.32 Å². The molecule has 6 nitrogen and oxygen atoms in total. The quantitative estimate of drug-likeness (QED) is 0.865. The first-order valence-corrected chi connectivity index (χ1v) is 9.58. The molecule has 1 saturated heterocycles. The van der Waals surface area contributed by atoms with Crippen molar-refractivity contribution in [1.82, 2.24) is 10.2 Å². The number of nitrogens with one attached hydrogen (secondary N) is 1. The van der Waals surface area contributed by atoms with Gasteiger partial charge >= 0.3 is 0 Å². The number of carbonyl (C=O) groups is 2. The van der Waals surface area contributed by atoms with Crippen LogP contribution in [0.15, 0.2) is 42.5 Å². The minimum atomic E-state index is -0.310. The molecule has 0 aromatic heterocycles. The fraction of sp³-hybridized carbons (Fsp3) is 0.364. The Morgan fingerprint density at radius 2 is 1.79 bits per heavy atom. The summed E-state index contributed by atoms with van der Waals surface area (Å²) >= 11 is 0. The van der Waals surface area contributed by atoms with Crippen molar-refractivity contribution in [2.24, 2.45) is 5.92 Å². The highest BCUT2D eigenvalue weighted by Gasteiger charge is 2.34. The van der Waals surface area contributed by atoms with Gasteiger partial charge in [-0.3, -0.25) is 9.59 Å². The second kappa shape index (κ2) is 7.92.